The molecule has 0 aromatic heterocycles. The lowest BCUT2D eigenvalue weighted by atomic mass is 10.1. The monoisotopic (exact) mass is 545 g/mol. The van der Waals surface area contributed by atoms with Crippen molar-refractivity contribution >= 4 is 52.2 Å². The third-order valence-corrected chi connectivity index (χ3v) is 6.78. The van der Waals surface area contributed by atoms with Gasteiger partial charge in [0.15, 0.2) is 18.1 Å². The van der Waals surface area contributed by atoms with E-state index in [4.69, 9.17) is 9.47 Å². The minimum Gasteiger partial charge on any atom is -0.493 e. The molecule has 0 aliphatic carbocycles. The van der Waals surface area contributed by atoms with Crippen molar-refractivity contribution in [1.29, 1.82) is 0 Å². The van der Waals surface area contributed by atoms with Crippen LogP contribution in [0, 0.1) is 13.8 Å². The number of ether oxygens (including phenoxy) is 2. The molecule has 200 valence electrons. The van der Waals surface area contributed by atoms with E-state index in [2.05, 4.69) is 10.6 Å². The minimum atomic E-state index is -0.560. The summed E-state index contributed by atoms with van der Waals surface area (Å²) in [5, 5.41) is 4.93. The highest BCUT2D eigenvalue weighted by Gasteiger charge is 2.36. The molecule has 2 N–H and O–H groups in total. The Hall–Kier alpha value is -4.57. The third kappa shape index (κ3) is 7.05. The molecule has 0 unspecified atom stereocenters. The third-order valence-electron chi connectivity index (χ3n) is 5.87. The van der Waals surface area contributed by atoms with Crippen molar-refractivity contribution in [3.05, 3.63) is 88.3 Å². The lowest BCUT2D eigenvalue weighted by Gasteiger charge is -2.13. The highest BCUT2D eigenvalue weighted by atomic mass is 32.2. The summed E-state index contributed by atoms with van der Waals surface area (Å²) in [4.78, 5) is 51.0. The van der Waals surface area contributed by atoms with Crippen LogP contribution in [-0.4, -0.2) is 48.1 Å². The number of carbonyl (C=O) groups is 4. The van der Waals surface area contributed by atoms with Gasteiger partial charge in [0.05, 0.1) is 12.0 Å². The Morgan fingerprint density at radius 1 is 0.872 bits per heavy atom. The predicted octanol–water partition coefficient (Wildman–Crippen LogP) is 5.00. The minimum absolute atomic E-state index is 0.177. The van der Waals surface area contributed by atoms with E-state index in [0.29, 0.717) is 28.4 Å². The number of nitrogens with one attached hydrogen (secondary N) is 2. The molecule has 3 aromatic carbocycles. The first-order valence-electron chi connectivity index (χ1n) is 12.0. The Morgan fingerprint density at radius 3 is 2.33 bits per heavy atom. The van der Waals surface area contributed by atoms with Crippen LogP contribution in [0.2, 0.25) is 0 Å². The average molecular weight is 546 g/mol. The van der Waals surface area contributed by atoms with E-state index in [9.17, 15) is 19.2 Å². The number of aryl methyl sites for hydroxylation is 2. The molecular weight excluding hydrogens is 518 g/mol. The number of para-hydroxylation sites is 1. The van der Waals surface area contributed by atoms with Gasteiger partial charge in [0.2, 0.25) is 5.91 Å². The Labute approximate surface area is 230 Å². The summed E-state index contributed by atoms with van der Waals surface area (Å²) in [5.74, 6) is -0.667. The molecule has 9 nitrogen and oxygen atoms in total. The molecule has 0 radical (unpaired) electrons. The van der Waals surface area contributed by atoms with E-state index in [0.717, 1.165) is 27.8 Å². The van der Waals surface area contributed by atoms with Gasteiger partial charge in [-0.2, -0.15) is 0 Å². The first kappa shape index (κ1) is 27.5. The van der Waals surface area contributed by atoms with Crippen LogP contribution in [0.15, 0.2) is 71.6 Å². The normalized spacial score (nSPS) is 13.9. The Kier molecular flexibility index (Phi) is 8.67. The Morgan fingerprint density at radius 2 is 1.62 bits per heavy atom. The number of imide groups is 1. The van der Waals surface area contributed by atoms with Crippen LogP contribution in [0.25, 0.3) is 6.08 Å². The van der Waals surface area contributed by atoms with Crippen LogP contribution in [0.5, 0.6) is 11.5 Å². The Bertz CT molecular complexity index is 1450. The maximum atomic E-state index is 12.8. The second-order valence-corrected chi connectivity index (χ2v) is 9.72. The number of rotatable bonds is 9. The highest BCUT2D eigenvalue weighted by molar-refractivity contribution is 8.18. The van der Waals surface area contributed by atoms with Crippen LogP contribution < -0.4 is 20.1 Å². The number of benzene rings is 3. The fourth-order valence-electron chi connectivity index (χ4n) is 3.71. The zero-order valence-corrected chi connectivity index (χ0v) is 22.5. The molecule has 4 amide bonds. The van der Waals surface area contributed by atoms with Crippen LogP contribution in [0.1, 0.15) is 16.7 Å². The molecule has 1 fully saturated rings. The van der Waals surface area contributed by atoms with E-state index >= 15 is 0 Å². The summed E-state index contributed by atoms with van der Waals surface area (Å²) in [6, 6.07) is 19.3. The zero-order chi connectivity index (χ0) is 27.9. The van der Waals surface area contributed by atoms with Gasteiger partial charge < -0.3 is 20.1 Å². The standard InChI is InChI=1S/C29H27N3O6S/c1-18-9-11-22(13-19(18)2)31-27(34)17-38-23-12-10-20(14-24(23)37-3)15-25-28(35)32(29(36)39-25)16-26(33)30-21-7-5-4-6-8-21/h4-15H,16-17H2,1-3H3,(H,30,33)(H,31,34)/b25-15+. The van der Waals surface area contributed by atoms with Gasteiger partial charge in [-0.15, -0.1) is 0 Å². The van der Waals surface area contributed by atoms with Gasteiger partial charge in [-0.25, -0.2) is 0 Å². The summed E-state index contributed by atoms with van der Waals surface area (Å²) < 4.78 is 11.1. The second-order valence-electron chi connectivity index (χ2n) is 8.73. The van der Waals surface area contributed by atoms with Crippen molar-refractivity contribution in [3.63, 3.8) is 0 Å². The first-order chi connectivity index (χ1) is 18.7. The predicted molar refractivity (Wildman–Crippen MR) is 151 cm³/mol. The van der Waals surface area contributed by atoms with Crippen molar-refractivity contribution in [2.45, 2.75) is 13.8 Å². The number of methoxy groups -OCH3 is 1. The molecule has 10 heteroatoms. The SMILES string of the molecule is COc1cc(/C=C2/SC(=O)N(CC(=O)Nc3ccccc3)C2=O)ccc1OCC(=O)Nc1ccc(C)c(C)c1. The van der Waals surface area contributed by atoms with Crippen molar-refractivity contribution in [2.75, 3.05) is 30.9 Å². The number of hydrogen-bond acceptors (Lipinski definition) is 7. The van der Waals surface area contributed by atoms with Crippen molar-refractivity contribution in [2.24, 2.45) is 0 Å². The number of carbonyl (C=O) groups excluding carboxylic acids is 4. The summed E-state index contributed by atoms with van der Waals surface area (Å²) in [7, 11) is 1.46. The van der Waals surface area contributed by atoms with Crippen molar-refractivity contribution < 1.29 is 28.7 Å². The molecule has 0 atom stereocenters. The van der Waals surface area contributed by atoms with Crippen LogP contribution >= 0.6 is 11.8 Å². The number of amides is 4. The van der Waals surface area contributed by atoms with Gasteiger partial charge in [-0.3, -0.25) is 24.1 Å². The van der Waals surface area contributed by atoms with Gasteiger partial charge in [-0.05, 0) is 84.8 Å². The van der Waals surface area contributed by atoms with E-state index in [1.54, 1.807) is 48.5 Å². The largest absolute Gasteiger partial charge is 0.493 e. The molecule has 39 heavy (non-hydrogen) atoms. The molecule has 1 aliphatic heterocycles. The Balaban J connectivity index is 1.38. The summed E-state index contributed by atoms with van der Waals surface area (Å²) >= 11 is 0.753. The lowest BCUT2D eigenvalue weighted by Crippen LogP contribution is -2.36. The second kappa shape index (κ2) is 12.3. The zero-order valence-electron chi connectivity index (χ0n) is 21.6. The summed E-state index contributed by atoms with van der Waals surface area (Å²) in [5.41, 5.74) is 4.03. The number of hydrogen-bond donors (Lipinski definition) is 2. The van der Waals surface area contributed by atoms with Gasteiger partial charge in [-0.1, -0.05) is 30.3 Å². The van der Waals surface area contributed by atoms with E-state index in [-0.39, 0.29) is 17.4 Å². The smallest absolute Gasteiger partial charge is 0.294 e. The highest BCUT2D eigenvalue weighted by Crippen LogP contribution is 2.34. The van der Waals surface area contributed by atoms with Crippen LogP contribution in [0.3, 0.4) is 0 Å². The molecule has 0 bridgehead atoms. The van der Waals surface area contributed by atoms with Crippen LogP contribution in [-0.2, 0) is 14.4 Å². The van der Waals surface area contributed by atoms with E-state index < -0.39 is 23.6 Å². The fourth-order valence-corrected chi connectivity index (χ4v) is 4.54. The van der Waals surface area contributed by atoms with E-state index in [1.165, 1.54) is 7.11 Å². The number of thioether (sulfide) groups is 1. The molecule has 1 saturated heterocycles. The molecule has 1 heterocycles. The summed E-state index contributed by atoms with van der Waals surface area (Å²) in [6.45, 7) is 3.34. The molecular formula is C29H27N3O6S. The maximum absolute atomic E-state index is 12.8. The van der Waals surface area contributed by atoms with Crippen molar-refractivity contribution in [1.82, 2.24) is 4.90 Å². The summed E-state index contributed by atoms with van der Waals surface area (Å²) in [6.07, 6.45) is 1.54. The van der Waals surface area contributed by atoms with Gasteiger partial charge in [0.1, 0.15) is 6.54 Å². The maximum Gasteiger partial charge on any atom is 0.294 e. The molecule has 3 aromatic rings. The average Bonchev–Trinajstić information content (AvgIpc) is 3.17. The number of anilines is 2. The van der Waals surface area contributed by atoms with E-state index in [1.807, 2.05) is 38.1 Å². The van der Waals surface area contributed by atoms with Gasteiger partial charge in [0.25, 0.3) is 17.1 Å². The van der Waals surface area contributed by atoms with Crippen molar-refractivity contribution in [3.8, 4) is 11.5 Å². The quantitative estimate of drug-likeness (QED) is 0.364. The van der Waals surface area contributed by atoms with Gasteiger partial charge in [0, 0.05) is 11.4 Å². The molecule has 1 aliphatic rings. The molecule has 4 rings (SSSR count). The van der Waals surface area contributed by atoms with Gasteiger partial charge >= 0.3 is 0 Å². The molecule has 0 spiro atoms. The molecule has 0 saturated carbocycles. The first-order valence-corrected chi connectivity index (χ1v) is 12.8. The van der Waals surface area contributed by atoms with Crippen LogP contribution in [0.4, 0.5) is 16.2 Å². The topological polar surface area (TPSA) is 114 Å². The lowest BCUT2D eigenvalue weighted by molar-refractivity contribution is -0.127. The number of nitrogens with zero attached hydrogens (tertiary/aromatic N) is 1. The fraction of sp³-hybridized carbons (Fsp3) is 0.172.